The molecule has 2 fully saturated rings. The molecule has 0 amide bonds. The molecule has 15 nitrogen and oxygen atoms in total. The van der Waals surface area contributed by atoms with Gasteiger partial charge in [-0.1, -0.05) is 18.2 Å². The van der Waals surface area contributed by atoms with Gasteiger partial charge < -0.3 is 60.6 Å². The van der Waals surface area contributed by atoms with Gasteiger partial charge >= 0.3 is 5.97 Å². The van der Waals surface area contributed by atoms with E-state index >= 15 is 0 Å². The first kappa shape index (κ1) is 43.0. The lowest BCUT2D eigenvalue weighted by atomic mass is 9.59. The first-order valence-corrected chi connectivity index (χ1v) is 20.0. The summed E-state index contributed by atoms with van der Waals surface area (Å²) in [5.74, 6) is -1.91. The highest BCUT2D eigenvalue weighted by Crippen LogP contribution is 2.56. The summed E-state index contributed by atoms with van der Waals surface area (Å²) in [5.41, 5.74) is 7.59. The lowest BCUT2D eigenvalue weighted by molar-refractivity contribution is -0.146. The van der Waals surface area contributed by atoms with Crippen molar-refractivity contribution in [3.05, 3.63) is 77.5 Å². The number of anilines is 1. The van der Waals surface area contributed by atoms with Crippen molar-refractivity contribution in [1.29, 1.82) is 0 Å². The Morgan fingerprint density at radius 1 is 1.09 bits per heavy atom. The summed E-state index contributed by atoms with van der Waals surface area (Å²) in [6.07, 6.45) is 5.89. The molecule has 1 aromatic heterocycles. The van der Waals surface area contributed by atoms with E-state index in [1.807, 2.05) is 12.1 Å². The number of aryl methyl sites for hydroxylation is 1. The molecule has 2 aromatic carbocycles. The first-order valence-electron chi connectivity index (χ1n) is 20.0. The molecular weight excluding hydrogens is 748 g/mol. The number of hydrogen-bond donors (Lipinski definition) is 9. The smallest absolute Gasteiger partial charge is 0.311 e. The molecule has 3 aliphatic rings. The fraction of sp³-hybridized carbons (Fsp3) is 0.535. The first-order chi connectivity index (χ1) is 27.8. The number of nitrogens with zero attached hydrogens (tertiary/aromatic N) is 1. The number of pyridine rings is 1. The molecule has 0 radical (unpaired) electrons. The molecule has 58 heavy (non-hydrogen) atoms. The van der Waals surface area contributed by atoms with Gasteiger partial charge in [0, 0.05) is 48.7 Å². The van der Waals surface area contributed by atoms with E-state index in [0.29, 0.717) is 49.4 Å². The van der Waals surface area contributed by atoms with Crippen molar-refractivity contribution >= 4 is 11.8 Å². The van der Waals surface area contributed by atoms with Crippen molar-refractivity contribution in [1.82, 2.24) is 15.6 Å². The number of piperidine rings is 1. The third kappa shape index (κ3) is 9.46. The molecule has 1 aliphatic carbocycles. The van der Waals surface area contributed by atoms with Crippen LogP contribution in [-0.4, -0.2) is 106 Å². The number of benzene rings is 2. The number of allylic oxidation sites excluding steroid dienone is 1. The standard InChI is InChI=1S/C43H58N4O11/c1-24-10-13-43(31(7-8-32(43)42(53)54)27-11-14-46-39(44)19-27)38(47-24)22-56-37-18-28(17-36(55-3)40(37)52)41-30(12-15-48)34(51)20-29(58-41)6-4-26-5-9-33(50)35(16-26)57-23-45-21-25(2)49/h5,7-9,11,14,16-19,24-25,29-32,34,38,41,45,47-52H,4,6,10,12-13,15,20-23H2,1-3H3,(H2,44,46)(H,53,54). The Morgan fingerprint density at radius 3 is 2.60 bits per heavy atom. The number of aromatic nitrogens is 1. The molecule has 2 saturated heterocycles. The largest absolute Gasteiger partial charge is 0.504 e. The second-order valence-electron chi connectivity index (χ2n) is 15.9. The average Bonchev–Trinajstić information content (AvgIpc) is 3.58. The SMILES string of the molecule is COc1cc(C2OC(CCc3ccc(O)c(OCNCC(C)O)c3)CC(O)C2CCO)cc(OCC2NC(C)CCC23C(C(=O)O)C=CC3c2ccnc(N)c2)c1O. The van der Waals surface area contributed by atoms with Crippen molar-refractivity contribution in [3.8, 4) is 28.7 Å². The molecule has 1 spiro atoms. The summed E-state index contributed by atoms with van der Waals surface area (Å²) in [6.45, 7) is 3.99. The minimum atomic E-state index is -0.938. The molecule has 10 atom stereocenters. The van der Waals surface area contributed by atoms with Crippen LogP contribution in [0.15, 0.2) is 60.8 Å². The number of hydrogen-bond acceptors (Lipinski definition) is 14. The highest BCUT2D eigenvalue weighted by atomic mass is 16.5. The minimum absolute atomic E-state index is 0.0116. The van der Waals surface area contributed by atoms with E-state index < -0.39 is 47.6 Å². The van der Waals surface area contributed by atoms with Crippen LogP contribution in [0.2, 0.25) is 0 Å². The van der Waals surface area contributed by atoms with Crippen LogP contribution in [0.4, 0.5) is 5.82 Å². The second-order valence-corrected chi connectivity index (χ2v) is 15.9. The van der Waals surface area contributed by atoms with Gasteiger partial charge in [-0.25, -0.2) is 4.98 Å². The topological polar surface area (TPSA) is 238 Å². The lowest BCUT2D eigenvalue weighted by Gasteiger charge is -2.50. The zero-order chi connectivity index (χ0) is 41.6. The van der Waals surface area contributed by atoms with Gasteiger partial charge in [0.05, 0.1) is 37.4 Å². The van der Waals surface area contributed by atoms with E-state index in [1.54, 1.807) is 55.6 Å². The molecule has 0 saturated carbocycles. The molecule has 2 aliphatic heterocycles. The van der Waals surface area contributed by atoms with E-state index in [9.17, 15) is 35.4 Å². The summed E-state index contributed by atoms with van der Waals surface area (Å²) >= 11 is 0. The fourth-order valence-corrected chi connectivity index (χ4v) is 9.11. The molecule has 6 rings (SSSR count). The maximum Gasteiger partial charge on any atom is 0.311 e. The van der Waals surface area contributed by atoms with Crippen LogP contribution in [0.25, 0.3) is 0 Å². The molecule has 316 valence electrons. The van der Waals surface area contributed by atoms with Gasteiger partial charge in [0.2, 0.25) is 5.75 Å². The highest BCUT2D eigenvalue weighted by Gasteiger charge is 2.57. The number of nitrogen functional groups attached to an aromatic ring is 1. The van der Waals surface area contributed by atoms with Crippen LogP contribution < -0.4 is 30.6 Å². The second kappa shape index (κ2) is 19.0. The van der Waals surface area contributed by atoms with E-state index in [-0.39, 0.29) is 67.4 Å². The number of nitrogens with one attached hydrogen (secondary N) is 2. The van der Waals surface area contributed by atoms with Crippen molar-refractivity contribution in [3.63, 3.8) is 0 Å². The number of ether oxygens (including phenoxy) is 4. The third-order valence-electron chi connectivity index (χ3n) is 12.0. The Hall–Kier alpha value is -4.64. The Morgan fingerprint density at radius 2 is 1.88 bits per heavy atom. The zero-order valence-corrected chi connectivity index (χ0v) is 33.3. The van der Waals surface area contributed by atoms with E-state index in [0.717, 1.165) is 17.5 Å². The van der Waals surface area contributed by atoms with Gasteiger partial charge in [0.1, 0.15) is 19.2 Å². The monoisotopic (exact) mass is 806 g/mol. The number of carbonyl (C=O) groups is 1. The molecular formula is C43H58N4O11. The summed E-state index contributed by atoms with van der Waals surface area (Å²) in [4.78, 5) is 17.0. The van der Waals surface area contributed by atoms with Gasteiger partial charge in [-0.3, -0.25) is 10.1 Å². The molecule has 0 bridgehead atoms. The summed E-state index contributed by atoms with van der Waals surface area (Å²) in [5, 5.41) is 69.8. The molecule has 10 unspecified atom stereocenters. The van der Waals surface area contributed by atoms with Crippen molar-refractivity contribution < 1.29 is 54.4 Å². The molecule has 3 aromatic rings. The van der Waals surface area contributed by atoms with Crippen LogP contribution in [0.1, 0.15) is 74.7 Å². The predicted molar refractivity (Wildman–Crippen MR) is 215 cm³/mol. The van der Waals surface area contributed by atoms with Crippen molar-refractivity contribution in [2.45, 2.75) is 94.8 Å². The van der Waals surface area contributed by atoms with Gasteiger partial charge in [-0.15, -0.1) is 0 Å². The number of phenolic OH excluding ortho intramolecular Hbond substituents is 2. The Bertz CT molecular complexity index is 1890. The number of nitrogens with two attached hydrogens (primary N) is 1. The number of aliphatic hydroxyl groups excluding tert-OH is 3. The van der Waals surface area contributed by atoms with Crippen molar-refractivity contribution in [2.24, 2.45) is 17.3 Å². The molecule has 3 heterocycles. The normalized spacial score (nSPS) is 28.7. The molecule has 15 heteroatoms. The quantitative estimate of drug-likeness (QED) is 0.0536. The fourth-order valence-electron chi connectivity index (χ4n) is 9.11. The van der Waals surface area contributed by atoms with Gasteiger partial charge in [0.25, 0.3) is 0 Å². The summed E-state index contributed by atoms with van der Waals surface area (Å²) in [7, 11) is 1.43. The van der Waals surface area contributed by atoms with E-state index in [4.69, 9.17) is 24.7 Å². The number of aliphatic hydroxyl groups is 3. The van der Waals surface area contributed by atoms with Gasteiger partial charge in [-0.2, -0.15) is 0 Å². The zero-order valence-electron chi connectivity index (χ0n) is 33.3. The predicted octanol–water partition coefficient (Wildman–Crippen LogP) is 3.77. The third-order valence-corrected chi connectivity index (χ3v) is 12.0. The number of carboxylic acids is 1. The maximum atomic E-state index is 12.8. The van der Waals surface area contributed by atoms with Crippen LogP contribution >= 0.6 is 0 Å². The maximum absolute atomic E-state index is 12.8. The van der Waals surface area contributed by atoms with Crippen molar-refractivity contribution in [2.75, 3.05) is 39.3 Å². The lowest BCUT2D eigenvalue weighted by Crippen LogP contribution is -2.60. The minimum Gasteiger partial charge on any atom is -0.504 e. The average molecular weight is 807 g/mol. The molecule has 10 N–H and O–H groups in total. The van der Waals surface area contributed by atoms with Crippen LogP contribution in [0.5, 0.6) is 28.7 Å². The van der Waals surface area contributed by atoms with Crippen LogP contribution in [-0.2, 0) is 16.0 Å². The Kier molecular flexibility index (Phi) is 14.0. The number of methoxy groups -OCH3 is 1. The number of rotatable bonds is 17. The number of aromatic hydroxyl groups is 2. The van der Waals surface area contributed by atoms with Gasteiger partial charge in [-0.05, 0) is 105 Å². The number of aliphatic carboxylic acids is 1. The summed E-state index contributed by atoms with van der Waals surface area (Å²) in [6, 6.07) is 11.7. The van der Waals surface area contributed by atoms with Crippen LogP contribution in [0.3, 0.4) is 0 Å². The van der Waals surface area contributed by atoms with E-state index in [1.165, 1.54) is 7.11 Å². The number of phenols is 2. The van der Waals surface area contributed by atoms with Gasteiger partial charge in [0.15, 0.2) is 23.0 Å². The Labute approximate surface area is 338 Å². The summed E-state index contributed by atoms with van der Waals surface area (Å²) < 4.78 is 24.5. The Balaban J connectivity index is 1.24. The van der Waals surface area contributed by atoms with E-state index in [2.05, 4.69) is 22.5 Å². The number of carboxylic acid groups (broad SMARTS) is 1. The van der Waals surface area contributed by atoms with Crippen LogP contribution in [0, 0.1) is 17.3 Å². The highest BCUT2D eigenvalue weighted by molar-refractivity contribution is 5.75.